The molecule has 1 heterocycles. The Labute approximate surface area is 138 Å². The summed E-state index contributed by atoms with van der Waals surface area (Å²) in [6, 6.07) is 12.1. The maximum absolute atomic E-state index is 13.1. The molecular weight excluding hydrogens is 317 g/mol. The smallest absolute Gasteiger partial charge is 0.322 e. The molecule has 0 aromatic heterocycles. The molecule has 0 bridgehead atoms. The summed E-state index contributed by atoms with van der Waals surface area (Å²) in [5.74, 6) is -0.426. The minimum atomic E-state index is -4.45. The molecule has 6 heteroatoms. The third-order valence-corrected chi connectivity index (χ3v) is 3.97. The highest BCUT2D eigenvalue weighted by Crippen LogP contribution is 2.32. The van der Waals surface area contributed by atoms with E-state index < -0.39 is 17.6 Å². The van der Waals surface area contributed by atoms with Crippen molar-refractivity contribution in [3.63, 3.8) is 0 Å². The van der Waals surface area contributed by atoms with E-state index in [-0.39, 0.29) is 5.69 Å². The van der Waals surface area contributed by atoms with E-state index in [1.54, 1.807) is 36.4 Å². The molecule has 1 aliphatic heterocycles. The average molecular weight is 334 g/mol. The number of rotatable bonds is 4. The van der Waals surface area contributed by atoms with Gasteiger partial charge in [0.1, 0.15) is 0 Å². The molecule has 0 spiro atoms. The summed E-state index contributed by atoms with van der Waals surface area (Å²) < 4.78 is 39.3. The molecule has 1 amide bonds. The monoisotopic (exact) mass is 334 g/mol. The largest absolute Gasteiger partial charge is 0.416 e. The van der Waals surface area contributed by atoms with Crippen LogP contribution in [0.2, 0.25) is 0 Å². The number of amides is 1. The Morgan fingerprint density at radius 2 is 1.79 bits per heavy atom. The van der Waals surface area contributed by atoms with E-state index in [9.17, 15) is 18.0 Å². The van der Waals surface area contributed by atoms with Crippen LogP contribution < -0.4 is 5.32 Å². The van der Waals surface area contributed by atoms with Gasteiger partial charge in [0.15, 0.2) is 0 Å². The van der Waals surface area contributed by atoms with Crippen molar-refractivity contribution in [1.29, 1.82) is 0 Å². The fourth-order valence-electron chi connectivity index (χ4n) is 2.61. The zero-order chi connectivity index (χ0) is 17.2. The molecule has 3 rings (SSSR count). The first-order valence-corrected chi connectivity index (χ1v) is 7.72. The Morgan fingerprint density at radius 1 is 1.08 bits per heavy atom. The summed E-state index contributed by atoms with van der Waals surface area (Å²) >= 11 is 0. The molecule has 0 saturated carbocycles. The molecule has 126 valence electrons. The summed E-state index contributed by atoms with van der Waals surface area (Å²) in [4.78, 5) is 14.2. The minimum Gasteiger partial charge on any atom is -0.322 e. The van der Waals surface area contributed by atoms with E-state index in [0.717, 1.165) is 31.6 Å². The molecular formula is C18H17F3N2O. The number of nitrogens with zero attached hydrogens (tertiary/aromatic N) is 1. The fraction of sp³-hybridized carbons (Fsp3) is 0.278. The van der Waals surface area contributed by atoms with Crippen molar-refractivity contribution in [2.75, 3.05) is 18.4 Å². The van der Waals surface area contributed by atoms with Gasteiger partial charge in [-0.2, -0.15) is 13.2 Å². The molecule has 24 heavy (non-hydrogen) atoms. The van der Waals surface area contributed by atoms with Crippen molar-refractivity contribution in [3.05, 3.63) is 65.2 Å². The highest BCUT2D eigenvalue weighted by Gasteiger charge is 2.31. The van der Waals surface area contributed by atoms with Gasteiger partial charge in [-0.25, -0.2) is 0 Å². The maximum atomic E-state index is 13.1. The first kappa shape index (κ1) is 16.5. The van der Waals surface area contributed by atoms with Crippen molar-refractivity contribution in [2.45, 2.75) is 19.1 Å². The van der Waals surface area contributed by atoms with Crippen molar-refractivity contribution < 1.29 is 18.0 Å². The van der Waals surface area contributed by atoms with Crippen LogP contribution in [0.4, 0.5) is 18.9 Å². The van der Waals surface area contributed by atoms with Crippen LogP contribution >= 0.6 is 0 Å². The number of alkyl halides is 3. The van der Waals surface area contributed by atoms with Crippen molar-refractivity contribution in [3.8, 4) is 0 Å². The lowest BCUT2D eigenvalue weighted by Gasteiger charge is -2.31. The Hall–Kier alpha value is -2.34. The summed E-state index contributed by atoms with van der Waals surface area (Å²) in [5.41, 5.74) is 0.366. The number of nitrogens with one attached hydrogen (secondary N) is 1. The normalized spacial score (nSPS) is 15.0. The number of likely N-dealkylation sites (tertiary alicyclic amines) is 1. The zero-order valence-electron chi connectivity index (χ0n) is 12.9. The van der Waals surface area contributed by atoms with Gasteiger partial charge in [-0.15, -0.1) is 0 Å². The first-order chi connectivity index (χ1) is 11.4. The Morgan fingerprint density at radius 3 is 2.38 bits per heavy atom. The molecule has 2 aromatic carbocycles. The number of benzene rings is 2. The van der Waals surface area contributed by atoms with Gasteiger partial charge in [0.05, 0.1) is 5.56 Å². The third kappa shape index (κ3) is 3.94. The predicted octanol–water partition coefficient (Wildman–Crippen LogP) is 4.16. The quantitative estimate of drug-likeness (QED) is 0.910. The number of halogens is 3. The van der Waals surface area contributed by atoms with E-state index >= 15 is 0 Å². The molecule has 2 aromatic rings. The molecule has 0 unspecified atom stereocenters. The lowest BCUT2D eigenvalue weighted by atomic mass is 10.1. The molecule has 1 fully saturated rings. The van der Waals surface area contributed by atoms with Gasteiger partial charge in [-0.3, -0.25) is 9.69 Å². The van der Waals surface area contributed by atoms with Gasteiger partial charge in [0, 0.05) is 17.8 Å². The zero-order valence-corrected chi connectivity index (χ0v) is 12.9. The van der Waals surface area contributed by atoms with Crippen LogP contribution in [0.5, 0.6) is 0 Å². The van der Waals surface area contributed by atoms with E-state index in [1.807, 2.05) is 0 Å². The number of hydrogen-bond acceptors (Lipinski definition) is 2. The molecule has 3 nitrogen and oxygen atoms in total. The summed E-state index contributed by atoms with van der Waals surface area (Å²) in [5, 5.41) is 2.56. The summed E-state index contributed by atoms with van der Waals surface area (Å²) in [6.07, 6.45) is -3.38. The van der Waals surface area contributed by atoms with Crippen LogP contribution in [0.1, 0.15) is 27.9 Å². The Bertz CT molecular complexity index is 725. The molecule has 1 N–H and O–H groups in total. The summed E-state index contributed by atoms with van der Waals surface area (Å²) in [7, 11) is 0. The predicted molar refractivity (Wildman–Crippen MR) is 85.7 cm³/mol. The Kier molecular flexibility index (Phi) is 4.57. The third-order valence-electron chi connectivity index (χ3n) is 3.97. The van der Waals surface area contributed by atoms with Crippen molar-refractivity contribution in [2.24, 2.45) is 0 Å². The first-order valence-electron chi connectivity index (χ1n) is 7.72. The van der Waals surface area contributed by atoms with Gasteiger partial charge in [0.25, 0.3) is 5.91 Å². The SMILES string of the molecule is O=C(Nc1cc(CN2CCC2)cc(C(F)(F)F)c1)c1ccccc1. The second-order valence-corrected chi connectivity index (χ2v) is 5.87. The lowest BCUT2D eigenvalue weighted by Crippen LogP contribution is -2.36. The molecule has 0 aliphatic carbocycles. The van der Waals surface area contributed by atoms with E-state index in [4.69, 9.17) is 0 Å². The maximum Gasteiger partial charge on any atom is 0.416 e. The molecule has 0 atom stereocenters. The highest BCUT2D eigenvalue weighted by atomic mass is 19.4. The van der Waals surface area contributed by atoms with Crippen LogP contribution in [0, 0.1) is 0 Å². The second kappa shape index (κ2) is 6.65. The van der Waals surface area contributed by atoms with Crippen molar-refractivity contribution >= 4 is 11.6 Å². The lowest BCUT2D eigenvalue weighted by molar-refractivity contribution is -0.137. The fourth-order valence-corrected chi connectivity index (χ4v) is 2.61. The van der Waals surface area contributed by atoms with Crippen LogP contribution in [0.15, 0.2) is 48.5 Å². The number of anilines is 1. The van der Waals surface area contributed by atoms with Crippen LogP contribution in [-0.2, 0) is 12.7 Å². The van der Waals surface area contributed by atoms with Crippen LogP contribution in [0.25, 0.3) is 0 Å². The van der Waals surface area contributed by atoms with Crippen molar-refractivity contribution in [1.82, 2.24) is 4.90 Å². The summed E-state index contributed by atoms with van der Waals surface area (Å²) in [6.45, 7) is 2.24. The average Bonchev–Trinajstić information content (AvgIpc) is 2.51. The highest BCUT2D eigenvalue weighted by molar-refractivity contribution is 6.04. The standard InChI is InChI=1S/C18H17F3N2O/c19-18(20,21)15-9-13(12-23-7-4-8-23)10-16(11-15)22-17(24)14-5-2-1-3-6-14/h1-3,5-6,9-11H,4,7-8,12H2,(H,22,24). The second-order valence-electron chi connectivity index (χ2n) is 5.87. The molecule has 0 radical (unpaired) electrons. The molecule has 1 aliphatic rings. The van der Waals surface area contributed by atoms with Gasteiger partial charge >= 0.3 is 6.18 Å². The van der Waals surface area contributed by atoms with Gasteiger partial charge in [0.2, 0.25) is 0 Å². The molecule has 1 saturated heterocycles. The minimum absolute atomic E-state index is 0.161. The Balaban J connectivity index is 1.85. The van der Waals surface area contributed by atoms with E-state index in [0.29, 0.717) is 17.7 Å². The van der Waals surface area contributed by atoms with Crippen LogP contribution in [-0.4, -0.2) is 23.9 Å². The number of carbonyl (C=O) groups excluding carboxylic acids is 1. The number of carbonyl (C=O) groups is 1. The van der Waals surface area contributed by atoms with Crippen LogP contribution in [0.3, 0.4) is 0 Å². The van der Waals surface area contributed by atoms with Gasteiger partial charge in [-0.1, -0.05) is 18.2 Å². The number of hydrogen-bond donors (Lipinski definition) is 1. The van der Waals surface area contributed by atoms with Gasteiger partial charge in [-0.05, 0) is 55.4 Å². The van der Waals surface area contributed by atoms with Gasteiger partial charge < -0.3 is 5.32 Å². The van der Waals surface area contributed by atoms with E-state index in [1.165, 1.54) is 0 Å². The van der Waals surface area contributed by atoms with E-state index in [2.05, 4.69) is 10.2 Å². The topological polar surface area (TPSA) is 32.3 Å².